The van der Waals surface area contributed by atoms with Crippen molar-refractivity contribution in [3.63, 3.8) is 0 Å². The third-order valence-corrected chi connectivity index (χ3v) is 4.05. The molecule has 0 aliphatic carbocycles. The molecule has 2 aromatic carbocycles. The molecular weight excluding hydrogens is 356 g/mol. The average Bonchev–Trinajstić information content (AvgIpc) is 2.64. The van der Waals surface area contributed by atoms with Crippen LogP contribution >= 0.6 is 11.6 Å². The van der Waals surface area contributed by atoms with Gasteiger partial charge in [-0.3, -0.25) is 14.9 Å². The minimum atomic E-state index is -0.442. The Balaban J connectivity index is 1.64. The van der Waals surface area contributed by atoms with Crippen molar-refractivity contribution in [1.82, 2.24) is 10.6 Å². The van der Waals surface area contributed by atoms with Crippen LogP contribution in [0, 0.1) is 10.1 Å². The molecule has 8 heteroatoms. The summed E-state index contributed by atoms with van der Waals surface area (Å²) in [5.74, 6) is -0.101. The lowest BCUT2D eigenvalue weighted by molar-refractivity contribution is -0.384. The Morgan fingerprint density at radius 1 is 1.12 bits per heavy atom. The fourth-order valence-corrected chi connectivity index (χ4v) is 2.41. The lowest BCUT2D eigenvalue weighted by Crippen LogP contribution is -2.37. The maximum absolute atomic E-state index is 11.9. The van der Waals surface area contributed by atoms with Crippen molar-refractivity contribution in [1.29, 1.82) is 0 Å². The first-order chi connectivity index (χ1) is 12.5. The molecule has 0 saturated heterocycles. The molecule has 1 amide bonds. The summed E-state index contributed by atoms with van der Waals surface area (Å²) < 4.78 is 0. The van der Waals surface area contributed by atoms with Gasteiger partial charge in [-0.05, 0) is 36.8 Å². The Hall–Kier alpha value is -2.64. The molecule has 0 saturated carbocycles. The summed E-state index contributed by atoms with van der Waals surface area (Å²) >= 11 is 5.86. The fourth-order valence-electron chi connectivity index (χ4n) is 2.29. The second-order valence-corrected chi connectivity index (χ2v) is 6.17. The number of carbonyl (C=O) groups is 1. The van der Waals surface area contributed by atoms with Crippen LogP contribution in [0.3, 0.4) is 0 Å². The number of nitro groups is 1. The van der Waals surface area contributed by atoms with Crippen LogP contribution in [0.4, 0.5) is 11.4 Å². The maximum atomic E-state index is 11.9. The highest BCUT2D eigenvalue weighted by Gasteiger charge is 2.07. The van der Waals surface area contributed by atoms with Gasteiger partial charge < -0.3 is 16.0 Å². The lowest BCUT2D eigenvalue weighted by atomic mass is 10.1. The zero-order chi connectivity index (χ0) is 18.9. The third-order valence-electron chi connectivity index (χ3n) is 3.79. The van der Waals surface area contributed by atoms with E-state index in [4.69, 9.17) is 11.6 Å². The van der Waals surface area contributed by atoms with Gasteiger partial charge in [0.1, 0.15) is 0 Å². The number of non-ortho nitro benzene ring substituents is 1. The number of hydrogen-bond acceptors (Lipinski definition) is 5. The number of amides is 1. The Morgan fingerprint density at radius 3 is 2.38 bits per heavy atom. The molecule has 138 valence electrons. The molecule has 7 nitrogen and oxygen atoms in total. The van der Waals surface area contributed by atoms with Crippen molar-refractivity contribution >= 4 is 28.9 Å². The van der Waals surface area contributed by atoms with E-state index in [0.29, 0.717) is 18.1 Å². The Kier molecular flexibility index (Phi) is 7.37. The SMILES string of the molecule is C[C@H](NCC(=O)NCCNc1ccc([N+](=O)[O-])cc1)c1ccc(Cl)cc1. The van der Waals surface area contributed by atoms with Crippen LogP contribution in [-0.4, -0.2) is 30.5 Å². The summed E-state index contributed by atoms with van der Waals surface area (Å²) in [5.41, 5.74) is 1.87. The smallest absolute Gasteiger partial charge is 0.269 e. The maximum Gasteiger partial charge on any atom is 0.269 e. The van der Waals surface area contributed by atoms with E-state index in [1.807, 2.05) is 31.2 Å². The van der Waals surface area contributed by atoms with Gasteiger partial charge in [0, 0.05) is 42.0 Å². The predicted octanol–water partition coefficient (Wildman–Crippen LogP) is 3.13. The minimum absolute atomic E-state index is 0.0382. The summed E-state index contributed by atoms with van der Waals surface area (Å²) in [4.78, 5) is 22.0. The van der Waals surface area contributed by atoms with Crippen LogP contribution in [0.25, 0.3) is 0 Å². The van der Waals surface area contributed by atoms with Gasteiger partial charge in [-0.25, -0.2) is 0 Å². The number of halogens is 1. The fraction of sp³-hybridized carbons (Fsp3) is 0.278. The van der Waals surface area contributed by atoms with E-state index in [1.165, 1.54) is 12.1 Å². The van der Waals surface area contributed by atoms with E-state index in [0.717, 1.165) is 11.3 Å². The second kappa shape index (κ2) is 9.74. The first kappa shape index (κ1) is 19.7. The topological polar surface area (TPSA) is 96.3 Å². The van der Waals surface area contributed by atoms with E-state index in [-0.39, 0.29) is 24.2 Å². The van der Waals surface area contributed by atoms with Crippen molar-refractivity contribution in [2.75, 3.05) is 25.0 Å². The van der Waals surface area contributed by atoms with Crippen LogP contribution in [-0.2, 0) is 4.79 Å². The number of nitrogens with one attached hydrogen (secondary N) is 3. The lowest BCUT2D eigenvalue weighted by Gasteiger charge is -2.14. The van der Waals surface area contributed by atoms with Crippen LogP contribution in [0.5, 0.6) is 0 Å². The Labute approximate surface area is 156 Å². The van der Waals surface area contributed by atoms with Crippen LogP contribution in [0.2, 0.25) is 5.02 Å². The molecule has 0 heterocycles. The summed E-state index contributed by atoms with van der Waals surface area (Å²) in [7, 11) is 0. The molecular formula is C18H21ClN4O3. The summed E-state index contributed by atoms with van der Waals surface area (Å²) in [5, 5.41) is 20.3. The van der Waals surface area contributed by atoms with Gasteiger partial charge in [0.25, 0.3) is 5.69 Å². The zero-order valence-electron chi connectivity index (χ0n) is 14.4. The molecule has 0 radical (unpaired) electrons. The van der Waals surface area contributed by atoms with Gasteiger partial charge in [0.15, 0.2) is 0 Å². The number of benzene rings is 2. The van der Waals surface area contributed by atoms with Gasteiger partial charge in [0.05, 0.1) is 11.5 Å². The van der Waals surface area contributed by atoms with E-state index in [1.54, 1.807) is 12.1 Å². The monoisotopic (exact) mass is 376 g/mol. The minimum Gasteiger partial charge on any atom is -0.383 e. The standard InChI is InChI=1S/C18H21ClN4O3/c1-13(14-2-4-15(19)5-3-14)22-12-18(24)21-11-10-20-16-6-8-17(9-7-16)23(25)26/h2-9,13,20,22H,10-12H2,1H3,(H,21,24)/t13-/m0/s1. The average molecular weight is 377 g/mol. The van der Waals surface area contributed by atoms with Gasteiger partial charge >= 0.3 is 0 Å². The summed E-state index contributed by atoms with van der Waals surface area (Å²) in [6.07, 6.45) is 0. The molecule has 2 aromatic rings. The van der Waals surface area contributed by atoms with Crippen molar-refractivity contribution in [3.8, 4) is 0 Å². The van der Waals surface area contributed by atoms with E-state index in [9.17, 15) is 14.9 Å². The van der Waals surface area contributed by atoms with Crippen molar-refractivity contribution < 1.29 is 9.72 Å². The zero-order valence-corrected chi connectivity index (χ0v) is 15.1. The van der Waals surface area contributed by atoms with Crippen LogP contribution in [0.15, 0.2) is 48.5 Å². The molecule has 0 aliphatic heterocycles. The highest BCUT2D eigenvalue weighted by Crippen LogP contribution is 2.16. The highest BCUT2D eigenvalue weighted by atomic mass is 35.5. The van der Waals surface area contributed by atoms with Gasteiger partial charge in [-0.2, -0.15) is 0 Å². The summed E-state index contributed by atoms with van der Waals surface area (Å²) in [6.45, 7) is 3.16. The largest absolute Gasteiger partial charge is 0.383 e. The van der Waals surface area contributed by atoms with Crippen molar-refractivity contribution in [3.05, 3.63) is 69.2 Å². The number of nitrogens with zero attached hydrogens (tertiary/aromatic N) is 1. The number of carbonyl (C=O) groups excluding carboxylic acids is 1. The number of nitro benzene ring substituents is 1. The molecule has 0 unspecified atom stereocenters. The quantitative estimate of drug-likeness (QED) is 0.355. The van der Waals surface area contributed by atoms with Gasteiger partial charge in [-0.15, -0.1) is 0 Å². The molecule has 26 heavy (non-hydrogen) atoms. The molecule has 0 aliphatic rings. The van der Waals surface area contributed by atoms with Crippen molar-refractivity contribution in [2.24, 2.45) is 0 Å². The van der Waals surface area contributed by atoms with Crippen LogP contribution < -0.4 is 16.0 Å². The second-order valence-electron chi connectivity index (χ2n) is 5.73. The van der Waals surface area contributed by atoms with Gasteiger partial charge in [-0.1, -0.05) is 23.7 Å². The summed E-state index contributed by atoms with van der Waals surface area (Å²) in [6, 6.07) is 13.7. The Bertz CT molecular complexity index is 735. The van der Waals surface area contributed by atoms with Gasteiger partial charge in [0.2, 0.25) is 5.91 Å². The third kappa shape index (κ3) is 6.34. The number of anilines is 1. The first-order valence-corrected chi connectivity index (χ1v) is 8.57. The number of rotatable bonds is 9. The molecule has 3 N–H and O–H groups in total. The predicted molar refractivity (Wildman–Crippen MR) is 102 cm³/mol. The van der Waals surface area contributed by atoms with E-state index in [2.05, 4.69) is 16.0 Å². The first-order valence-electron chi connectivity index (χ1n) is 8.19. The highest BCUT2D eigenvalue weighted by molar-refractivity contribution is 6.30. The molecule has 0 bridgehead atoms. The van der Waals surface area contributed by atoms with E-state index >= 15 is 0 Å². The Morgan fingerprint density at radius 2 is 1.77 bits per heavy atom. The molecule has 0 aromatic heterocycles. The van der Waals surface area contributed by atoms with Crippen LogP contribution in [0.1, 0.15) is 18.5 Å². The normalized spacial score (nSPS) is 11.6. The molecule has 0 fully saturated rings. The molecule has 0 spiro atoms. The van der Waals surface area contributed by atoms with Crippen molar-refractivity contribution in [2.45, 2.75) is 13.0 Å². The molecule has 1 atom stereocenters. The van der Waals surface area contributed by atoms with E-state index < -0.39 is 4.92 Å². The molecule has 2 rings (SSSR count). The number of hydrogen-bond donors (Lipinski definition) is 3.